The number of hydrogen-bond acceptors (Lipinski definition) is 0. The summed E-state index contributed by atoms with van der Waals surface area (Å²) in [6.07, 6.45) is 3.60. The number of allylic oxidation sites excluding steroid dienone is 4. The Morgan fingerprint density at radius 3 is 1.71 bits per heavy atom. The molecule has 0 unspecified atom stereocenters. The minimum atomic E-state index is -1.04. The third-order valence-electron chi connectivity index (χ3n) is 2.08. The summed E-state index contributed by atoms with van der Waals surface area (Å²) in [6.45, 7) is 9.46. The van der Waals surface area contributed by atoms with Crippen molar-refractivity contribution < 1.29 is 54.6 Å². The molecular weight excluding hydrogens is 293 g/mol. The fourth-order valence-electron chi connectivity index (χ4n) is 1.34. The minimum absolute atomic E-state index is 0. The molecule has 1 aliphatic rings. The molecule has 0 aromatic rings. The first-order valence-electron chi connectivity index (χ1n) is 4.02. The normalized spacial score (nSPS) is 15.1. The van der Waals surface area contributed by atoms with Crippen LogP contribution in [0.3, 0.4) is 0 Å². The van der Waals surface area contributed by atoms with Crippen molar-refractivity contribution in [3.63, 3.8) is 0 Å². The van der Waals surface area contributed by atoms with Crippen molar-refractivity contribution in [2.75, 3.05) is 0 Å². The van der Waals surface area contributed by atoms with Gasteiger partial charge in [-0.1, -0.05) is 0 Å². The summed E-state index contributed by atoms with van der Waals surface area (Å²) in [7, 11) is -1.04. The Morgan fingerprint density at radius 2 is 1.57 bits per heavy atom. The Labute approximate surface area is 116 Å². The maximum Gasteiger partial charge on any atom is -1.00 e. The van der Waals surface area contributed by atoms with Crippen LogP contribution in [0.2, 0.25) is 19.6 Å². The molecule has 1 rings (SSSR count). The minimum Gasteiger partial charge on any atom is -1.00 e. The molecule has 0 amide bonds. The molecule has 0 aliphatic heterocycles. The quantitative estimate of drug-likeness (QED) is 0.423. The van der Waals surface area contributed by atoms with Crippen LogP contribution in [0.1, 0.15) is 13.3 Å². The van der Waals surface area contributed by atoms with Gasteiger partial charge in [0.2, 0.25) is 0 Å². The molecular formula is C9H15Cl3SiV. The third-order valence-corrected chi connectivity index (χ3v) is 5.46. The van der Waals surface area contributed by atoms with Crippen LogP contribution in [0.5, 0.6) is 0 Å². The third kappa shape index (κ3) is 4.78. The van der Waals surface area contributed by atoms with Crippen LogP contribution < -0.4 is 37.2 Å². The van der Waals surface area contributed by atoms with Gasteiger partial charge in [0.25, 0.3) is 0 Å². The van der Waals surface area contributed by atoms with Crippen molar-refractivity contribution in [2.45, 2.75) is 33.0 Å². The zero-order valence-electron chi connectivity index (χ0n) is 8.87. The molecule has 1 aliphatic carbocycles. The van der Waals surface area contributed by atoms with Crippen LogP contribution in [0.4, 0.5) is 0 Å². The second-order valence-electron chi connectivity index (χ2n) is 4.20. The van der Waals surface area contributed by atoms with Gasteiger partial charge in [-0.05, 0) is 0 Å². The molecule has 0 nitrogen and oxygen atoms in total. The molecule has 0 N–H and O–H groups in total. The van der Waals surface area contributed by atoms with Crippen molar-refractivity contribution in [3.05, 3.63) is 21.1 Å². The smallest absolute Gasteiger partial charge is 1.00 e. The molecule has 0 heterocycles. The van der Waals surface area contributed by atoms with Crippen molar-refractivity contribution in [3.8, 4) is 0 Å². The summed E-state index contributed by atoms with van der Waals surface area (Å²) in [4.78, 5) is 0. The number of halogens is 3. The van der Waals surface area contributed by atoms with Gasteiger partial charge in [0, 0.05) is 0 Å². The zero-order valence-corrected chi connectivity index (χ0v) is 13.5. The molecule has 0 saturated heterocycles. The molecule has 0 radical (unpaired) electrons. The van der Waals surface area contributed by atoms with Crippen LogP contribution in [-0.2, 0) is 17.4 Å². The van der Waals surface area contributed by atoms with E-state index in [0.717, 1.165) is 0 Å². The van der Waals surface area contributed by atoms with Gasteiger partial charge in [-0.15, -0.1) is 0 Å². The van der Waals surface area contributed by atoms with Gasteiger partial charge in [-0.25, -0.2) is 0 Å². The van der Waals surface area contributed by atoms with E-state index in [9.17, 15) is 0 Å². The van der Waals surface area contributed by atoms with E-state index in [0.29, 0.717) is 0 Å². The van der Waals surface area contributed by atoms with Crippen LogP contribution in [0.25, 0.3) is 0 Å². The summed E-state index contributed by atoms with van der Waals surface area (Å²) in [6, 6.07) is 0. The van der Waals surface area contributed by atoms with E-state index < -0.39 is 8.07 Å². The van der Waals surface area contributed by atoms with Gasteiger partial charge in [0.1, 0.15) is 0 Å². The van der Waals surface area contributed by atoms with Crippen LogP contribution in [0, 0.1) is 0 Å². The largest absolute Gasteiger partial charge is 1.00 e. The standard InChI is InChI=1S/C9H15Si.3ClH.V/c1-8-5-6-9(7-8)10(2,3)4;;;;/h6H,5H2,1-4H3;3*1H;/q;;;;+3/p-3. The van der Waals surface area contributed by atoms with E-state index in [2.05, 4.69) is 50.1 Å². The molecule has 0 aromatic carbocycles. The Balaban J connectivity index is -0.000000403. The average Bonchev–Trinajstić information content (AvgIpc) is 2.11. The second kappa shape index (κ2) is 7.43. The summed E-state index contributed by atoms with van der Waals surface area (Å²) in [5.74, 6) is 0. The van der Waals surface area contributed by atoms with E-state index in [1.54, 1.807) is 10.8 Å². The fraction of sp³-hybridized carbons (Fsp3) is 0.556. The van der Waals surface area contributed by atoms with E-state index in [1.165, 1.54) is 10.7 Å². The monoisotopic (exact) mass is 307 g/mol. The SMILES string of the molecule is CC1=[C]([V+3])C([Si](C)(C)C)=CC1.[Cl-].[Cl-].[Cl-]. The predicted molar refractivity (Wildman–Crippen MR) is 48.7 cm³/mol. The zero-order chi connectivity index (χ0) is 8.65. The van der Waals surface area contributed by atoms with Crippen molar-refractivity contribution >= 4 is 8.07 Å². The van der Waals surface area contributed by atoms with Gasteiger partial charge in [-0.2, -0.15) is 0 Å². The Bertz CT molecular complexity index is 241. The maximum atomic E-state index is 2.73. The van der Waals surface area contributed by atoms with Crippen molar-refractivity contribution in [1.29, 1.82) is 0 Å². The van der Waals surface area contributed by atoms with Gasteiger partial charge in [0.05, 0.1) is 0 Å². The molecule has 0 spiro atoms. The molecule has 0 aromatic heterocycles. The summed E-state index contributed by atoms with van der Waals surface area (Å²) >= 11 is 2.73. The van der Waals surface area contributed by atoms with Crippen molar-refractivity contribution in [2.24, 2.45) is 0 Å². The van der Waals surface area contributed by atoms with Crippen LogP contribution >= 0.6 is 0 Å². The molecule has 0 atom stereocenters. The average molecular weight is 309 g/mol. The summed E-state index contributed by atoms with van der Waals surface area (Å²) in [5, 5.41) is 1.65. The molecule has 81 valence electrons. The van der Waals surface area contributed by atoms with Gasteiger partial charge < -0.3 is 37.2 Å². The first-order valence-corrected chi connectivity index (χ1v) is 8.22. The Morgan fingerprint density at radius 1 is 1.14 bits per heavy atom. The summed E-state index contributed by atoms with van der Waals surface area (Å²) in [5.41, 5.74) is 1.54. The van der Waals surface area contributed by atoms with Gasteiger partial charge in [-0.3, -0.25) is 0 Å². The first-order chi connectivity index (χ1) is 4.93. The van der Waals surface area contributed by atoms with E-state index in [-0.39, 0.29) is 37.2 Å². The molecule has 0 saturated carbocycles. The van der Waals surface area contributed by atoms with Gasteiger partial charge in [0.15, 0.2) is 0 Å². The Kier molecular flexibility index (Phi) is 10.9. The first kappa shape index (κ1) is 20.5. The number of hydrogen-bond donors (Lipinski definition) is 0. The molecule has 5 heteroatoms. The predicted octanol–water partition coefficient (Wildman–Crippen LogP) is -5.97. The second-order valence-corrected chi connectivity index (χ2v) is 9.94. The van der Waals surface area contributed by atoms with Crippen LogP contribution in [-0.4, -0.2) is 8.07 Å². The van der Waals surface area contributed by atoms with Crippen molar-refractivity contribution in [1.82, 2.24) is 0 Å². The summed E-state index contributed by atoms with van der Waals surface area (Å²) < 4.78 is 1.51. The van der Waals surface area contributed by atoms with E-state index >= 15 is 0 Å². The topological polar surface area (TPSA) is 0 Å². The Hall–Kier alpha value is 1.15. The molecule has 0 fully saturated rings. The molecule has 14 heavy (non-hydrogen) atoms. The van der Waals surface area contributed by atoms with E-state index in [4.69, 9.17) is 0 Å². The fourth-order valence-corrected chi connectivity index (χ4v) is 4.83. The van der Waals surface area contributed by atoms with Crippen LogP contribution in [0.15, 0.2) is 21.1 Å². The van der Waals surface area contributed by atoms with Gasteiger partial charge >= 0.3 is 79.6 Å². The number of rotatable bonds is 1. The molecule has 0 bridgehead atoms. The maximum absolute atomic E-state index is 2.73. The van der Waals surface area contributed by atoms with E-state index in [1.807, 2.05) is 0 Å².